The number of hydrogen-bond donors (Lipinski definition) is 0. The molecule has 0 aliphatic heterocycles. The van der Waals surface area contributed by atoms with Crippen LogP contribution in [-0.2, 0) is 0 Å². The fourth-order valence-corrected chi connectivity index (χ4v) is 2.68. The number of benzene rings is 1. The van der Waals surface area contributed by atoms with E-state index in [-0.39, 0.29) is 28.3 Å². The molecular weight excluding hydrogens is 332 g/mol. The van der Waals surface area contributed by atoms with Gasteiger partial charge in [0.15, 0.2) is 11.5 Å². The van der Waals surface area contributed by atoms with Crippen LogP contribution in [0, 0.1) is 21.4 Å². The number of allylic oxidation sites excluding steroid dienone is 1. The molecule has 2 aromatic rings. The molecule has 0 bridgehead atoms. The number of nitro groups is 1. The first kappa shape index (κ1) is 17.2. The summed E-state index contributed by atoms with van der Waals surface area (Å²) in [6, 6.07) is 7.61. The van der Waals surface area contributed by atoms with Crippen molar-refractivity contribution < 1.29 is 19.2 Å². The molecule has 0 unspecified atom stereocenters. The van der Waals surface area contributed by atoms with E-state index in [0.717, 1.165) is 0 Å². The molecule has 8 heteroatoms. The van der Waals surface area contributed by atoms with Crippen molar-refractivity contribution in [3.8, 4) is 17.6 Å². The predicted octanol–water partition coefficient (Wildman–Crippen LogP) is 3.46. The maximum Gasteiger partial charge on any atom is 0.280 e. The van der Waals surface area contributed by atoms with Crippen LogP contribution in [0.4, 0.5) is 5.69 Å². The molecule has 0 aliphatic rings. The number of nitriles is 1. The maximum absolute atomic E-state index is 12.3. The third-order valence-corrected chi connectivity index (χ3v) is 4.01. The lowest BCUT2D eigenvalue weighted by Gasteiger charge is -2.09. The summed E-state index contributed by atoms with van der Waals surface area (Å²) in [5.74, 6) is -0.0452. The van der Waals surface area contributed by atoms with Gasteiger partial charge in [0.2, 0.25) is 5.78 Å². The number of nitro benzene ring substituents is 1. The van der Waals surface area contributed by atoms with Crippen LogP contribution < -0.4 is 9.47 Å². The molecule has 122 valence electrons. The minimum atomic E-state index is -0.613. The molecule has 2 rings (SSSR count). The van der Waals surface area contributed by atoms with Gasteiger partial charge in [0.05, 0.1) is 35.6 Å². The molecule has 0 saturated heterocycles. The molecule has 0 atom stereocenters. The van der Waals surface area contributed by atoms with Crippen LogP contribution in [-0.4, -0.2) is 24.9 Å². The third kappa shape index (κ3) is 3.42. The fraction of sp³-hybridized carbons (Fsp3) is 0.125. The van der Waals surface area contributed by atoms with E-state index in [9.17, 15) is 20.2 Å². The van der Waals surface area contributed by atoms with Crippen molar-refractivity contribution in [1.29, 1.82) is 5.26 Å². The Morgan fingerprint density at radius 1 is 1.33 bits per heavy atom. The van der Waals surface area contributed by atoms with Crippen LogP contribution >= 0.6 is 11.3 Å². The largest absolute Gasteiger partial charge is 0.493 e. The second kappa shape index (κ2) is 7.39. The smallest absolute Gasteiger partial charge is 0.280 e. The molecule has 1 aromatic heterocycles. The summed E-state index contributed by atoms with van der Waals surface area (Å²) in [6.45, 7) is 0. The van der Waals surface area contributed by atoms with Crippen LogP contribution in [0.2, 0.25) is 0 Å². The molecule has 1 aromatic carbocycles. The lowest BCUT2D eigenvalue weighted by Crippen LogP contribution is -2.01. The first-order valence-corrected chi connectivity index (χ1v) is 7.50. The fourth-order valence-electron chi connectivity index (χ4n) is 2.00. The molecule has 0 aliphatic carbocycles. The molecule has 0 spiro atoms. The molecule has 0 amide bonds. The van der Waals surface area contributed by atoms with Crippen molar-refractivity contribution in [2.75, 3.05) is 14.2 Å². The second-order valence-corrected chi connectivity index (χ2v) is 5.45. The normalized spacial score (nSPS) is 10.8. The highest BCUT2D eigenvalue weighted by Crippen LogP contribution is 2.35. The van der Waals surface area contributed by atoms with E-state index in [0.29, 0.717) is 4.88 Å². The summed E-state index contributed by atoms with van der Waals surface area (Å²) in [6.07, 6.45) is 1.18. The lowest BCUT2D eigenvalue weighted by atomic mass is 10.0. The average molecular weight is 344 g/mol. The Morgan fingerprint density at radius 3 is 2.50 bits per heavy atom. The van der Waals surface area contributed by atoms with Crippen molar-refractivity contribution in [1.82, 2.24) is 0 Å². The summed E-state index contributed by atoms with van der Waals surface area (Å²) >= 11 is 1.19. The topological polar surface area (TPSA) is 102 Å². The summed E-state index contributed by atoms with van der Waals surface area (Å²) in [5, 5.41) is 22.2. The predicted molar refractivity (Wildman–Crippen MR) is 88.4 cm³/mol. The number of rotatable bonds is 6. The van der Waals surface area contributed by atoms with Crippen LogP contribution in [0.5, 0.6) is 11.5 Å². The standard InChI is InChI=1S/C16H12N2O5S/c1-22-13-7-10(12(18(20)21)8-14(13)23-2)6-11(9-17)16(19)15-4-3-5-24-15/h3-8H,1-2H3/b11-6+. The highest BCUT2D eigenvalue weighted by atomic mass is 32.1. The lowest BCUT2D eigenvalue weighted by molar-refractivity contribution is -0.385. The zero-order chi connectivity index (χ0) is 17.7. The van der Waals surface area contributed by atoms with Crippen molar-refractivity contribution >= 4 is 28.9 Å². The highest BCUT2D eigenvalue weighted by Gasteiger charge is 2.21. The van der Waals surface area contributed by atoms with E-state index in [4.69, 9.17) is 9.47 Å². The van der Waals surface area contributed by atoms with Crippen molar-refractivity contribution in [3.05, 3.63) is 55.8 Å². The Labute approximate surface area is 141 Å². The molecule has 0 radical (unpaired) electrons. The van der Waals surface area contributed by atoms with Gasteiger partial charge in [0.1, 0.15) is 11.6 Å². The molecule has 0 N–H and O–H groups in total. The van der Waals surface area contributed by atoms with Crippen LogP contribution in [0.15, 0.2) is 35.2 Å². The molecule has 1 heterocycles. The zero-order valence-electron chi connectivity index (χ0n) is 12.8. The Kier molecular flexibility index (Phi) is 5.29. The summed E-state index contributed by atoms with van der Waals surface area (Å²) in [7, 11) is 2.75. The number of ether oxygens (including phenoxy) is 2. The first-order chi connectivity index (χ1) is 11.5. The monoisotopic (exact) mass is 344 g/mol. The van der Waals surface area contributed by atoms with Gasteiger partial charge < -0.3 is 9.47 Å². The van der Waals surface area contributed by atoms with Gasteiger partial charge in [0.25, 0.3) is 5.69 Å². The highest BCUT2D eigenvalue weighted by molar-refractivity contribution is 7.12. The van der Waals surface area contributed by atoms with Gasteiger partial charge in [-0.05, 0) is 23.6 Å². The van der Waals surface area contributed by atoms with Crippen molar-refractivity contribution in [3.63, 3.8) is 0 Å². The third-order valence-electron chi connectivity index (χ3n) is 3.14. The minimum absolute atomic E-state index is 0.0825. The SMILES string of the molecule is COc1cc(/C=C(\C#N)C(=O)c2cccs2)c([N+](=O)[O-])cc1OC. The molecule has 0 fully saturated rings. The van der Waals surface area contributed by atoms with Gasteiger partial charge in [-0.15, -0.1) is 11.3 Å². The number of carbonyl (C=O) groups excluding carboxylic acids is 1. The number of thiophene rings is 1. The Bertz CT molecular complexity index is 850. The van der Waals surface area contributed by atoms with E-state index in [1.165, 1.54) is 43.8 Å². The number of nitrogens with zero attached hydrogens (tertiary/aromatic N) is 2. The second-order valence-electron chi connectivity index (χ2n) is 4.50. The zero-order valence-corrected chi connectivity index (χ0v) is 13.6. The van der Waals surface area contributed by atoms with Crippen molar-refractivity contribution in [2.24, 2.45) is 0 Å². The molecule has 0 saturated carbocycles. The van der Waals surface area contributed by atoms with Crippen LogP contribution in [0.25, 0.3) is 6.08 Å². The Balaban J connectivity index is 2.59. The van der Waals surface area contributed by atoms with Gasteiger partial charge in [0, 0.05) is 0 Å². The maximum atomic E-state index is 12.3. The number of hydrogen-bond acceptors (Lipinski definition) is 7. The first-order valence-electron chi connectivity index (χ1n) is 6.62. The van der Waals surface area contributed by atoms with Gasteiger partial charge in [-0.1, -0.05) is 6.07 Å². The summed E-state index contributed by atoms with van der Waals surface area (Å²) in [4.78, 5) is 23.3. The molecule has 7 nitrogen and oxygen atoms in total. The van der Waals surface area contributed by atoms with Crippen LogP contribution in [0.3, 0.4) is 0 Å². The molecular formula is C16H12N2O5S. The van der Waals surface area contributed by atoms with E-state index >= 15 is 0 Å². The minimum Gasteiger partial charge on any atom is -0.493 e. The Morgan fingerprint density at radius 2 is 2.00 bits per heavy atom. The van der Waals surface area contributed by atoms with Crippen molar-refractivity contribution in [2.45, 2.75) is 0 Å². The number of methoxy groups -OCH3 is 2. The Hall–Kier alpha value is -3.18. The average Bonchev–Trinajstić information content (AvgIpc) is 3.12. The number of carbonyl (C=O) groups is 1. The van der Waals surface area contributed by atoms with E-state index in [1.54, 1.807) is 23.6 Å². The summed E-state index contributed by atoms with van der Waals surface area (Å²) in [5.41, 5.74) is -0.411. The molecule has 24 heavy (non-hydrogen) atoms. The number of Topliss-reactive ketones (excluding diaryl/α,β-unsaturated/α-hetero) is 1. The van der Waals surface area contributed by atoms with Gasteiger partial charge >= 0.3 is 0 Å². The number of ketones is 1. The van der Waals surface area contributed by atoms with E-state index < -0.39 is 10.7 Å². The van der Waals surface area contributed by atoms with Crippen LogP contribution in [0.1, 0.15) is 15.2 Å². The van der Waals surface area contributed by atoms with Gasteiger partial charge in [-0.25, -0.2) is 0 Å². The van der Waals surface area contributed by atoms with Gasteiger partial charge in [-0.3, -0.25) is 14.9 Å². The van der Waals surface area contributed by atoms with Gasteiger partial charge in [-0.2, -0.15) is 5.26 Å². The quantitative estimate of drug-likeness (QED) is 0.261. The summed E-state index contributed by atoms with van der Waals surface area (Å²) < 4.78 is 10.2. The van der Waals surface area contributed by atoms with E-state index in [1.807, 2.05) is 0 Å². The van der Waals surface area contributed by atoms with E-state index in [2.05, 4.69) is 0 Å².